The highest BCUT2D eigenvalue weighted by atomic mass is 32.2. The average Bonchev–Trinajstić information content (AvgIpc) is 2.94. The van der Waals surface area contributed by atoms with Crippen LogP contribution in [0.25, 0.3) is 0 Å². The smallest absolute Gasteiger partial charge is 0.145 e. The van der Waals surface area contributed by atoms with Gasteiger partial charge in [-0.2, -0.15) is 11.8 Å². The molecule has 21 heavy (non-hydrogen) atoms. The fraction of sp³-hybridized carbons (Fsp3) is 0.750. The van der Waals surface area contributed by atoms with Crippen molar-refractivity contribution in [3.63, 3.8) is 0 Å². The summed E-state index contributed by atoms with van der Waals surface area (Å²) in [6, 6.07) is 0.252. The van der Waals surface area contributed by atoms with Crippen LogP contribution >= 0.6 is 11.8 Å². The Morgan fingerprint density at radius 1 is 1.48 bits per heavy atom. The monoisotopic (exact) mass is 307 g/mol. The molecule has 0 aromatic carbocycles. The van der Waals surface area contributed by atoms with E-state index in [1.165, 1.54) is 12.2 Å². The van der Waals surface area contributed by atoms with Gasteiger partial charge >= 0.3 is 0 Å². The number of hydrogen-bond acceptors (Lipinski definition) is 5. The third-order valence-electron chi connectivity index (χ3n) is 4.57. The van der Waals surface area contributed by atoms with Crippen molar-refractivity contribution < 1.29 is 4.74 Å². The van der Waals surface area contributed by atoms with Gasteiger partial charge in [0.25, 0.3) is 0 Å². The molecule has 2 fully saturated rings. The maximum atomic E-state index is 6.15. The van der Waals surface area contributed by atoms with Crippen molar-refractivity contribution in [2.24, 2.45) is 5.92 Å². The second kappa shape index (κ2) is 6.63. The van der Waals surface area contributed by atoms with E-state index in [-0.39, 0.29) is 11.6 Å². The van der Waals surface area contributed by atoms with Crippen LogP contribution in [0.1, 0.15) is 43.6 Å². The lowest BCUT2D eigenvalue weighted by Gasteiger charge is -2.40. The minimum absolute atomic E-state index is 0.117. The molecule has 3 unspecified atom stereocenters. The second-order valence-electron chi connectivity index (χ2n) is 6.24. The Morgan fingerprint density at radius 2 is 2.29 bits per heavy atom. The molecule has 0 amide bonds. The standard InChI is InChI=1S/C16H25N3OS/c1-3-17-14(15-18-9-12(2)10-19-15)13-4-6-20-16(8-13)5-7-21-11-16/h9-10,13-14,17H,3-8,11H2,1-2H3. The molecule has 1 N–H and O–H groups in total. The van der Waals surface area contributed by atoms with E-state index in [4.69, 9.17) is 4.74 Å². The molecular weight excluding hydrogens is 282 g/mol. The van der Waals surface area contributed by atoms with Gasteiger partial charge in [-0.3, -0.25) is 0 Å². The zero-order chi connectivity index (χ0) is 14.7. The van der Waals surface area contributed by atoms with Gasteiger partial charge in [0.15, 0.2) is 0 Å². The number of hydrogen-bond donors (Lipinski definition) is 1. The van der Waals surface area contributed by atoms with Crippen molar-refractivity contribution in [1.29, 1.82) is 0 Å². The number of nitrogens with zero attached hydrogens (tertiary/aromatic N) is 2. The van der Waals surface area contributed by atoms with Crippen molar-refractivity contribution >= 4 is 11.8 Å². The van der Waals surface area contributed by atoms with Gasteiger partial charge in [-0.25, -0.2) is 9.97 Å². The molecular formula is C16H25N3OS. The molecule has 5 heteroatoms. The normalized spacial score (nSPS) is 30.7. The van der Waals surface area contributed by atoms with Crippen LogP contribution in [-0.4, -0.2) is 40.2 Å². The highest BCUT2D eigenvalue weighted by Gasteiger charge is 2.43. The molecule has 0 radical (unpaired) electrons. The fourth-order valence-electron chi connectivity index (χ4n) is 3.47. The first kappa shape index (κ1) is 15.3. The van der Waals surface area contributed by atoms with Gasteiger partial charge < -0.3 is 10.1 Å². The molecule has 2 aliphatic heterocycles. The highest BCUT2D eigenvalue weighted by molar-refractivity contribution is 7.99. The van der Waals surface area contributed by atoms with Crippen LogP contribution in [0.4, 0.5) is 0 Å². The van der Waals surface area contributed by atoms with Gasteiger partial charge in [0.05, 0.1) is 11.6 Å². The lowest BCUT2D eigenvalue weighted by Crippen LogP contribution is -2.44. The summed E-state index contributed by atoms with van der Waals surface area (Å²) >= 11 is 2.03. The fourth-order valence-corrected chi connectivity index (χ4v) is 4.84. The van der Waals surface area contributed by atoms with Gasteiger partial charge in [0, 0.05) is 24.8 Å². The quantitative estimate of drug-likeness (QED) is 0.927. The minimum atomic E-state index is 0.117. The van der Waals surface area contributed by atoms with E-state index in [0.29, 0.717) is 5.92 Å². The lowest BCUT2D eigenvalue weighted by molar-refractivity contribution is -0.0858. The number of ether oxygens (including phenoxy) is 1. The van der Waals surface area contributed by atoms with E-state index >= 15 is 0 Å². The van der Waals surface area contributed by atoms with E-state index in [0.717, 1.165) is 43.1 Å². The Bertz CT molecular complexity index is 459. The first-order valence-electron chi connectivity index (χ1n) is 7.96. The summed E-state index contributed by atoms with van der Waals surface area (Å²) in [7, 11) is 0. The van der Waals surface area contributed by atoms with Crippen molar-refractivity contribution in [2.75, 3.05) is 24.7 Å². The molecule has 4 nitrogen and oxygen atoms in total. The average molecular weight is 307 g/mol. The molecule has 3 atom stereocenters. The molecule has 1 aromatic rings. The van der Waals surface area contributed by atoms with Crippen LogP contribution < -0.4 is 5.32 Å². The zero-order valence-electron chi connectivity index (χ0n) is 13.0. The number of nitrogens with one attached hydrogen (secondary N) is 1. The Kier molecular flexibility index (Phi) is 4.82. The van der Waals surface area contributed by atoms with E-state index in [1.54, 1.807) is 0 Å². The Hall–Kier alpha value is -0.650. The van der Waals surface area contributed by atoms with Gasteiger partial charge in [0.2, 0.25) is 0 Å². The third kappa shape index (κ3) is 3.41. The van der Waals surface area contributed by atoms with Crippen molar-refractivity contribution in [2.45, 2.75) is 44.8 Å². The summed E-state index contributed by atoms with van der Waals surface area (Å²) in [6.45, 7) is 6.01. The van der Waals surface area contributed by atoms with E-state index < -0.39 is 0 Å². The Labute approximate surface area is 131 Å². The van der Waals surface area contributed by atoms with E-state index in [1.807, 2.05) is 31.1 Å². The minimum Gasteiger partial charge on any atom is -0.374 e. The molecule has 1 aromatic heterocycles. The van der Waals surface area contributed by atoms with Gasteiger partial charge in [-0.05, 0) is 50.0 Å². The summed E-state index contributed by atoms with van der Waals surface area (Å²) in [5.74, 6) is 3.90. The molecule has 0 aliphatic carbocycles. The van der Waals surface area contributed by atoms with E-state index in [2.05, 4.69) is 22.2 Å². The lowest BCUT2D eigenvalue weighted by atomic mass is 9.81. The SMILES string of the molecule is CCNC(c1ncc(C)cn1)C1CCOC2(CCSC2)C1. The molecule has 2 saturated heterocycles. The largest absolute Gasteiger partial charge is 0.374 e. The predicted molar refractivity (Wildman–Crippen MR) is 86.5 cm³/mol. The predicted octanol–water partition coefficient (Wildman–Crippen LogP) is 2.74. The first-order chi connectivity index (χ1) is 10.2. The molecule has 3 rings (SSSR count). The molecule has 2 aliphatic rings. The van der Waals surface area contributed by atoms with Gasteiger partial charge in [-0.15, -0.1) is 0 Å². The molecule has 116 valence electrons. The molecule has 0 saturated carbocycles. The molecule has 3 heterocycles. The van der Waals surface area contributed by atoms with Crippen LogP contribution in [0.2, 0.25) is 0 Å². The van der Waals surface area contributed by atoms with Crippen LogP contribution in [0.15, 0.2) is 12.4 Å². The van der Waals surface area contributed by atoms with Crippen LogP contribution in [-0.2, 0) is 4.74 Å². The summed E-state index contributed by atoms with van der Waals surface area (Å²) in [6.07, 6.45) is 7.28. The summed E-state index contributed by atoms with van der Waals surface area (Å²) in [5.41, 5.74) is 1.23. The van der Waals surface area contributed by atoms with Crippen LogP contribution in [0.3, 0.4) is 0 Å². The Morgan fingerprint density at radius 3 is 2.95 bits per heavy atom. The second-order valence-corrected chi connectivity index (χ2v) is 7.35. The Balaban J connectivity index is 1.78. The summed E-state index contributed by atoms with van der Waals surface area (Å²) in [4.78, 5) is 9.14. The molecule has 0 bridgehead atoms. The van der Waals surface area contributed by atoms with Crippen LogP contribution in [0.5, 0.6) is 0 Å². The number of aromatic nitrogens is 2. The third-order valence-corrected chi connectivity index (χ3v) is 5.80. The van der Waals surface area contributed by atoms with Crippen LogP contribution in [0, 0.1) is 12.8 Å². The van der Waals surface area contributed by atoms with Crippen molar-refractivity contribution in [3.8, 4) is 0 Å². The summed E-state index contributed by atoms with van der Waals surface area (Å²) < 4.78 is 6.15. The zero-order valence-corrected chi connectivity index (χ0v) is 13.8. The number of aryl methyl sites for hydroxylation is 1. The number of rotatable bonds is 4. The first-order valence-corrected chi connectivity index (χ1v) is 9.11. The number of thioether (sulfide) groups is 1. The van der Waals surface area contributed by atoms with Crippen molar-refractivity contribution in [1.82, 2.24) is 15.3 Å². The van der Waals surface area contributed by atoms with Gasteiger partial charge in [0.1, 0.15) is 5.82 Å². The maximum absolute atomic E-state index is 6.15. The summed E-state index contributed by atoms with van der Waals surface area (Å²) in [5, 5.41) is 3.61. The van der Waals surface area contributed by atoms with Gasteiger partial charge in [-0.1, -0.05) is 6.92 Å². The molecule has 1 spiro atoms. The van der Waals surface area contributed by atoms with E-state index in [9.17, 15) is 0 Å². The van der Waals surface area contributed by atoms with Crippen molar-refractivity contribution in [3.05, 3.63) is 23.8 Å². The highest BCUT2D eigenvalue weighted by Crippen LogP contribution is 2.43. The topological polar surface area (TPSA) is 47.0 Å². The maximum Gasteiger partial charge on any atom is 0.145 e.